The number of rotatable bonds is 3. The number of aromatic nitrogens is 2. The van der Waals surface area contributed by atoms with E-state index >= 15 is 0 Å². The molecule has 0 aliphatic heterocycles. The quantitative estimate of drug-likeness (QED) is 0.430. The summed E-state index contributed by atoms with van der Waals surface area (Å²) in [5.41, 5.74) is 5.62. The lowest BCUT2D eigenvalue weighted by Crippen LogP contribution is -2.27. The van der Waals surface area contributed by atoms with Crippen LogP contribution in [0.3, 0.4) is 0 Å². The fraction of sp³-hybridized carbons (Fsp3) is 0.400. The highest BCUT2D eigenvalue weighted by atomic mass is 15.2. The van der Waals surface area contributed by atoms with E-state index in [0.29, 0.717) is 0 Å². The summed E-state index contributed by atoms with van der Waals surface area (Å²) in [4.78, 5) is 8.42. The van der Waals surface area contributed by atoms with Gasteiger partial charge < -0.3 is 0 Å². The Balaban J connectivity index is 2.90. The number of allylic oxidation sites excluding steroid dienone is 1. The van der Waals surface area contributed by atoms with Crippen molar-refractivity contribution in [2.75, 3.05) is 0 Å². The van der Waals surface area contributed by atoms with E-state index in [2.05, 4.69) is 15.4 Å². The van der Waals surface area contributed by atoms with E-state index < -0.39 is 0 Å². The van der Waals surface area contributed by atoms with E-state index in [1.807, 2.05) is 26.8 Å². The van der Waals surface area contributed by atoms with E-state index in [1.165, 1.54) is 5.57 Å². The van der Waals surface area contributed by atoms with Crippen LogP contribution in [0.25, 0.3) is 0 Å². The van der Waals surface area contributed by atoms with Gasteiger partial charge in [-0.3, -0.25) is 15.8 Å². The van der Waals surface area contributed by atoms with Crippen molar-refractivity contribution in [3.05, 3.63) is 35.4 Å². The van der Waals surface area contributed by atoms with Crippen LogP contribution in [0, 0.1) is 6.92 Å². The third kappa shape index (κ3) is 2.90. The first-order valence-corrected chi connectivity index (χ1v) is 4.53. The van der Waals surface area contributed by atoms with Gasteiger partial charge in [0.25, 0.3) is 0 Å². The minimum absolute atomic E-state index is 0.0619. The van der Waals surface area contributed by atoms with Crippen molar-refractivity contribution in [2.45, 2.75) is 26.8 Å². The van der Waals surface area contributed by atoms with Crippen LogP contribution < -0.4 is 11.3 Å². The molecule has 0 aliphatic rings. The number of hydrazine groups is 1. The molecule has 0 radical (unpaired) electrons. The SMILES string of the molecule is CC(C)=CC(NN)c1cnc(C)cn1. The van der Waals surface area contributed by atoms with Crippen LogP contribution in [0.2, 0.25) is 0 Å². The predicted molar refractivity (Wildman–Crippen MR) is 56.3 cm³/mol. The van der Waals surface area contributed by atoms with Crippen molar-refractivity contribution in [3.8, 4) is 0 Å². The van der Waals surface area contributed by atoms with Gasteiger partial charge in [0.1, 0.15) is 0 Å². The van der Waals surface area contributed by atoms with Gasteiger partial charge >= 0.3 is 0 Å². The first-order valence-electron chi connectivity index (χ1n) is 4.53. The molecule has 0 bridgehead atoms. The first-order chi connectivity index (χ1) is 6.63. The lowest BCUT2D eigenvalue weighted by Gasteiger charge is -2.11. The highest BCUT2D eigenvalue weighted by Crippen LogP contribution is 2.11. The molecule has 1 aromatic rings. The third-order valence-corrected chi connectivity index (χ3v) is 1.80. The number of nitrogens with two attached hydrogens (primary N) is 1. The maximum absolute atomic E-state index is 5.43. The Bertz CT molecular complexity index is 311. The van der Waals surface area contributed by atoms with Gasteiger partial charge in [-0.05, 0) is 20.8 Å². The number of nitrogens with zero attached hydrogens (tertiary/aromatic N) is 2. The summed E-state index contributed by atoms with van der Waals surface area (Å²) in [6, 6.07) is -0.0619. The lowest BCUT2D eigenvalue weighted by molar-refractivity contribution is 0.631. The molecule has 14 heavy (non-hydrogen) atoms. The van der Waals surface area contributed by atoms with Crippen molar-refractivity contribution in [1.82, 2.24) is 15.4 Å². The van der Waals surface area contributed by atoms with Gasteiger partial charge in [0, 0.05) is 6.20 Å². The van der Waals surface area contributed by atoms with E-state index in [4.69, 9.17) is 5.84 Å². The molecule has 0 saturated heterocycles. The second-order valence-corrected chi connectivity index (χ2v) is 3.47. The molecule has 0 spiro atoms. The summed E-state index contributed by atoms with van der Waals surface area (Å²) in [6.45, 7) is 5.94. The van der Waals surface area contributed by atoms with Gasteiger partial charge in [0.05, 0.1) is 23.6 Å². The molecular formula is C10H16N4. The van der Waals surface area contributed by atoms with E-state index in [-0.39, 0.29) is 6.04 Å². The fourth-order valence-electron chi connectivity index (χ4n) is 1.12. The minimum Gasteiger partial charge on any atom is -0.271 e. The van der Waals surface area contributed by atoms with Gasteiger partial charge in [-0.15, -0.1) is 0 Å². The Morgan fingerprint density at radius 3 is 2.57 bits per heavy atom. The molecule has 3 N–H and O–H groups in total. The molecular weight excluding hydrogens is 176 g/mol. The molecule has 0 aromatic carbocycles. The molecule has 1 atom stereocenters. The average molecular weight is 192 g/mol. The normalized spacial score (nSPS) is 12.3. The standard InChI is InChI=1S/C10H16N4/c1-7(2)4-9(14-11)10-6-12-8(3)5-13-10/h4-6,9,14H,11H2,1-3H3. The Morgan fingerprint density at radius 2 is 2.14 bits per heavy atom. The van der Waals surface area contributed by atoms with Crippen molar-refractivity contribution >= 4 is 0 Å². The van der Waals surface area contributed by atoms with E-state index in [9.17, 15) is 0 Å². The average Bonchev–Trinajstić information content (AvgIpc) is 2.15. The number of hydrogen-bond donors (Lipinski definition) is 2. The summed E-state index contributed by atoms with van der Waals surface area (Å²) in [5, 5.41) is 0. The van der Waals surface area contributed by atoms with Gasteiger partial charge in [-0.2, -0.15) is 0 Å². The van der Waals surface area contributed by atoms with Crippen LogP contribution in [0.4, 0.5) is 0 Å². The number of nitrogens with one attached hydrogen (secondary N) is 1. The minimum atomic E-state index is -0.0619. The van der Waals surface area contributed by atoms with Crippen molar-refractivity contribution in [1.29, 1.82) is 0 Å². The van der Waals surface area contributed by atoms with Crippen molar-refractivity contribution < 1.29 is 0 Å². The molecule has 0 aliphatic carbocycles. The lowest BCUT2D eigenvalue weighted by atomic mass is 10.1. The van der Waals surface area contributed by atoms with E-state index in [0.717, 1.165) is 11.4 Å². The second kappa shape index (κ2) is 4.83. The Morgan fingerprint density at radius 1 is 1.43 bits per heavy atom. The van der Waals surface area contributed by atoms with Crippen molar-refractivity contribution in [2.24, 2.45) is 5.84 Å². The third-order valence-electron chi connectivity index (χ3n) is 1.80. The monoisotopic (exact) mass is 192 g/mol. The highest BCUT2D eigenvalue weighted by Gasteiger charge is 2.07. The maximum Gasteiger partial charge on any atom is 0.0830 e. The van der Waals surface area contributed by atoms with Crippen LogP contribution in [0.1, 0.15) is 31.3 Å². The molecule has 0 fully saturated rings. The van der Waals surface area contributed by atoms with Crippen LogP contribution >= 0.6 is 0 Å². The van der Waals surface area contributed by atoms with Gasteiger partial charge in [0.15, 0.2) is 0 Å². The number of hydrogen-bond acceptors (Lipinski definition) is 4. The fourth-order valence-corrected chi connectivity index (χ4v) is 1.12. The van der Waals surface area contributed by atoms with Crippen LogP contribution in [-0.2, 0) is 0 Å². The Hall–Kier alpha value is -1.26. The van der Waals surface area contributed by atoms with Crippen molar-refractivity contribution in [3.63, 3.8) is 0 Å². The zero-order valence-electron chi connectivity index (χ0n) is 8.78. The van der Waals surface area contributed by atoms with Gasteiger partial charge in [-0.1, -0.05) is 11.6 Å². The topological polar surface area (TPSA) is 63.8 Å². The predicted octanol–water partition coefficient (Wildman–Crippen LogP) is 1.26. The molecule has 4 heteroatoms. The summed E-state index contributed by atoms with van der Waals surface area (Å²) in [5.74, 6) is 5.43. The Kier molecular flexibility index (Phi) is 3.73. The molecule has 1 heterocycles. The summed E-state index contributed by atoms with van der Waals surface area (Å²) in [7, 11) is 0. The molecule has 0 saturated carbocycles. The molecule has 1 rings (SSSR count). The molecule has 4 nitrogen and oxygen atoms in total. The number of aryl methyl sites for hydroxylation is 1. The Labute approximate surface area is 84.2 Å². The van der Waals surface area contributed by atoms with Gasteiger partial charge in [0.2, 0.25) is 0 Å². The summed E-state index contributed by atoms with van der Waals surface area (Å²) < 4.78 is 0. The largest absolute Gasteiger partial charge is 0.271 e. The van der Waals surface area contributed by atoms with Crippen LogP contribution in [0.15, 0.2) is 24.0 Å². The summed E-state index contributed by atoms with van der Waals surface area (Å²) in [6.07, 6.45) is 5.48. The molecule has 1 aromatic heterocycles. The zero-order chi connectivity index (χ0) is 10.6. The highest BCUT2D eigenvalue weighted by molar-refractivity contribution is 5.14. The van der Waals surface area contributed by atoms with E-state index in [1.54, 1.807) is 12.4 Å². The van der Waals surface area contributed by atoms with Gasteiger partial charge in [-0.25, -0.2) is 5.43 Å². The van der Waals surface area contributed by atoms with Crippen LogP contribution in [0.5, 0.6) is 0 Å². The smallest absolute Gasteiger partial charge is 0.0830 e. The second-order valence-electron chi connectivity index (χ2n) is 3.47. The first kappa shape index (κ1) is 10.8. The molecule has 0 amide bonds. The zero-order valence-corrected chi connectivity index (χ0v) is 8.78. The maximum atomic E-state index is 5.43. The summed E-state index contributed by atoms with van der Waals surface area (Å²) >= 11 is 0. The van der Waals surface area contributed by atoms with Crippen LogP contribution in [-0.4, -0.2) is 9.97 Å². The molecule has 76 valence electrons. The molecule has 1 unspecified atom stereocenters.